The van der Waals surface area contributed by atoms with E-state index in [9.17, 15) is 14.4 Å². The zero-order valence-corrected chi connectivity index (χ0v) is 48.9. The molecule has 0 saturated heterocycles. The highest BCUT2D eigenvalue weighted by Gasteiger charge is 2.19. The van der Waals surface area contributed by atoms with Gasteiger partial charge in [0, 0.05) is 19.3 Å². The largest absolute Gasteiger partial charge is 0.462 e. The molecule has 0 aliphatic heterocycles. The van der Waals surface area contributed by atoms with Crippen LogP contribution in [0.25, 0.3) is 0 Å². The van der Waals surface area contributed by atoms with Crippen LogP contribution in [-0.4, -0.2) is 37.2 Å². The predicted molar refractivity (Wildman–Crippen MR) is 316 cm³/mol. The number of carbonyl (C=O) groups is 3. The van der Waals surface area contributed by atoms with Gasteiger partial charge in [-0.2, -0.15) is 0 Å². The molecule has 426 valence electrons. The molecule has 73 heavy (non-hydrogen) atoms. The summed E-state index contributed by atoms with van der Waals surface area (Å²) in [4.78, 5) is 38.3. The number of ether oxygens (including phenoxy) is 3. The summed E-state index contributed by atoms with van der Waals surface area (Å²) in [6.45, 7) is 6.63. The first-order chi connectivity index (χ1) is 36.0. The average Bonchev–Trinajstić information content (AvgIpc) is 3.39. The van der Waals surface area contributed by atoms with Gasteiger partial charge in [0.2, 0.25) is 0 Å². The molecule has 0 fully saturated rings. The van der Waals surface area contributed by atoms with Crippen molar-refractivity contribution in [2.75, 3.05) is 13.2 Å². The number of allylic oxidation sites excluding steroid dienone is 8. The number of hydrogen-bond acceptors (Lipinski definition) is 6. The van der Waals surface area contributed by atoms with Crippen LogP contribution in [0.5, 0.6) is 0 Å². The van der Waals surface area contributed by atoms with Crippen molar-refractivity contribution in [2.45, 2.75) is 348 Å². The number of esters is 3. The minimum Gasteiger partial charge on any atom is -0.462 e. The lowest BCUT2D eigenvalue weighted by Gasteiger charge is -2.18. The SMILES string of the molecule is CCCCC/C=C\C/C=C\C/C=C\CCCCC(=O)OC[C@H](COC(=O)CCCCCCCCCCCCCCCCCCCCC)OC(=O)CCCCCCCCCCCCC/C=C\CCCCCCCC. The first kappa shape index (κ1) is 70.4. The third-order valence-electron chi connectivity index (χ3n) is 14.3. The predicted octanol–water partition coefficient (Wildman–Crippen LogP) is 21.8. The van der Waals surface area contributed by atoms with Gasteiger partial charge >= 0.3 is 17.9 Å². The van der Waals surface area contributed by atoms with Gasteiger partial charge in [0.25, 0.3) is 0 Å². The maximum absolute atomic E-state index is 12.9. The van der Waals surface area contributed by atoms with Gasteiger partial charge in [0.05, 0.1) is 0 Å². The molecule has 0 spiro atoms. The molecule has 0 rings (SSSR count). The van der Waals surface area contributed by atoms with Crippen LogP contribution in [0.3, 0.4) is 0 Å². The summed E-state index contributed by atoms with van der Waals surface area (Å²) in [7, 11) is 0. The van der Waals surface area contributed by atoms with E-state index in [1.165, 1.54) is 231 Å². The standard InChI is InChI=1S/C67H122O6/c1-4-7-10-13-16-19-22-25-28-30-32-33-35-37-40-43-46-49-52-55-58-61-67(70)73-64(62-71-65(68)59-56-53-50-47-44-41-38-27-24-21-18-15-12-9-6-3)63-72-66(69)60-57-54-51-48-45-42-39-36-34-31-29-26-23-20-17-14-11-8-5-2/h18,21,25,27-28,38,44,47,64H,4-17,19-20,22-24,26,29-37,39-43,45-46,48-63H2,1-3H3/b21-18-,28-25-,38-27-,47-44-/t64-/m1/s1. The summed E-state index contributed by atoms with van der Waals surface area (Å²) in [5.74, 6) is -0.901. The molecule has 6 heteroatoms. The molecule has 6 nitrogen and oxygen atoms in total. The van der Waals surface area contributed by atoms with Crippen LogP contribution in [0.2, 0.25) is 0 Å². The van der Waals surface area contributed by atoms with E-state index in [-0.39, 0.29) is 31.1 Å². The number of hydrogen-bond donors (Lipinski definition) is 0. The summed E-state index contributed by atoms with van der Waals surface area (Å²) in [5.41, 5.74) is 0. The summed E-state index contributed by atoms with van der Waals surface area (Å²) >= 11 is 0. The van der Waals surface area contributed by atoms with Crippen LogP contribution < -0.4 is 0 Å². The van der Waals surface area contributed by atoms with Gasteiger partial charge in [-0.25, -0.2) is 0 Å². The Labute approximate surface area is 454 Å². The Morgan fingerprint density at radius 1 is 0.274 bits per heavy atom. The molecule has 0 amide bonds. The van der Waals surface area contributed by atoms with E-state index in [2.05, 4.69) is 69.4 Å². The molecule has 0 aromatic rings. The molecule has 0 N–H and O–H groups in total. The van der Waals surface area contributed by atoms with Crippen LogP contribution in [0, 0.1) is 0 Å². The van der Waals surface area contributed by atoms with E-state index in [1.54, 1.807) is 0 Å². The Balaban J connectivity index is 4.35. The Kier molecular flexibility index (Phi) is 59.7. The fourth-order valence-electron chi connectivity index (χ4n) is 9.45. The maximum atomic E-state index is 12.9. The highest BCUT2D eigenvalue weighted by atomic mass is 16.6. The van der Waals surface area contributed by atoms with Crippen molar-refractivity contribution < 1.29 is 28.6 Å². The third-order valence-corrected chi connectivity index (χ3v) is 14.3. The molecule has 1 atom stereocenters. The normalized spacial score (nSPS) is 12.3. The molecule has 0 saturated carbocycles. The highest BCUT2D eigenvalue weighted by molar-refractivity contribution is 5.71. The Morgan fingerprint density at radius 3 is 0.836 bits per heavy atom. The molecule has 0 aliphatic carbocycles. The Hall–Kier alpha value is -2.63. The summed E-state index contributed by atoms with van der Waals surface area (Å²) in [6, 6.07) is 0. The summed E-state index contributed by atoms with van der Waals surface area (Å²) < 4.78 is 16.9. The van der Waals surface area contributed by atoms with Crippen molar-refractivity contribution in [1.29, 1.82) is 0 Å². The van der Waals surface area contributed by atoms with Gasteiger partial charge in [0.15, 0.2) is 6.10 Å². The average molecular weight is 1020 g/mol. The Morgan fingerprint density at radius 2 is 0.493 bits per heavy atom. The van der Waals surface area contributed by atoms with E-state index < -0.39 is 6.10 Å². The molecule has 0 heterocycles. The van der Waals surface area contributed by atoms with Crippen molar-refractivity contribution in [2.24, 2.45) is 0 Å². The van der Waals surface area contributed by atoms with Gasteiger partial charge in [-0.15, -0.1) is 0 Å². The number of rotatable bonds is 59. The maximum Gasteiger partial charge on any atom is 0.306 e. The van der Waals surface area contributed by atoms with Crippen molar-refractivity contribution in [3.8, 4) is 0 Å². The Bertz CT molecular complexity index is 1270. The van der Waals surface area contributed by atoms with Crippen molar-refractivity contribution in [1.82, 2.24) is 0 Å². The van der Waals surface area contributed by atoms with E-state index in [4.69, 9.17) is 14.2 Å². The van der Waals surface area contributed by atoms with Crippen LogP contribution in [0.4, 0.5) is 0 Å². The fraction of sp³-hybridized carbons (Fsp3) is 0.836. The van der Waals surface area contributed by atoms with Gasteiger partial charge in [-0.1, -0.05) is 288 Å². The van der Waals surface area contributed by atoms with E-state index in [0.29, 0.717) is 19.3 Å². The lowest BCUT2D eigenvalue weighted by Crippen LogP contribution is -2.30. The topological polar surface area (TPSA) is 78.9 Å². The van der Waals surface area contributed by atoms with E-state index in [1.807, 2.05) is 0 Å². The molecular formula is C67H122O6. The molecule has 0 aromatic carbocycles. The van der Waals surface area contributed by atoms with Gasteiger partial charge < -0.3 is 14.2 Å². The fourth-order valence-corrected chi connectivity index (χ4v) is 9.45. The first-order valence-electron chi connectivity index (χ1n) is 32.1. The zero-order chi connectivity index (χ0) is 52.9. The smallest absolute Gasteiger partial charge is 0.306 e. The van der Waals surface area contributed by atoms with E-state index >= 15 is 0 Å². The van der Waals surface area contributed by atoms with Gasteiger partial charge in [-0.05, 0) is 83.5 Å². The minimum absolute atomic E-state index is 0.0815. The van der Waals surface area contributed by atoms with Crippen LogP contribution in [0.1, 0.15) is 342 Å². The van der Waals surface area contributed by atoms with Crippen molar-refractivity contribution in [3.63, 3.8) is 0 Å². The second-order valence-corrected chi connectivity index (χ2v) is 21.7. The lowest BCUT2D eigenvalue weighted by molar-refractivity contribution is -0.167. The van der Waals surface area contributed by atoms with Crippen LogP contribution >= 0.6 is 0 Å². The van der Waals surface area contributed by atoms with Gasteiger partial charge in [-0.3, -0.25) is 14.4 Å². The second kappa shape index (κ2) is 61.9. The third kappa shape index (κ3) is 60.1. The molecule has 0 aromatic heterocycles. The quantitative estimate of drug-likeness (QED) is 0.0261. The van der Waals surface area contributed by atoms with Crippen molar-refractivity contribution >= 4 is 17.9 Å². The first-order valence-corrected chi connectivity index (χ1v) is 32.1. The molecule has 0 radical (unpaired) electrons. The molecule has 0 aliphatic rings. The molecule has 0 unspecified atom stereocenters. The number of unbranched alkanes of at least 4 members (excludes halogenated alkanes) is 40. The summed E-state index contributed by atoms with van der Waals surface area (Å²) in [5, 5.41) is 0. The second-order valence-electron chi connectivity index (χ2n) is 21.7. The monoisotopic (exact) mass is 1020 g/mol. The number of carbonyl (C=O) groups excluding carboxylic acids is 3. The summed E-state index contributed by atoms with van der Waals surface area (Å²) in [6.07, 6.45) is 76.9. The highest BCUT2D eigenvalue weighted by Crippen LogP contribution is 2.17. The zero-order valence-electron chi connectivity index (χ0n) is 48.9. The van der Waals surface area contributed by atoms with Crippen LogP contribution in [0.15, 0.2) is 48.6 Å². The lowest BCUT2D eigenvalue weighted by atomic mass is 10.0. The van der Waals surface area contributed by atoms with E-state index in [0.717, 1.165) is 70.6 Å². The van der Waals surface area contributed by atoms with Gasteiger partial charge in [0.1, 0.15) is 13.2 Å². The minimum atomic E-state index is -0.788. The molecule has 0 bridgehead atoms. The van der Waals surface area contributed by atoms with Crippen molar-refractivity contribution in [3.05, 3.63) is 48.6 Å². The molecular weight excluding hydrogens is 901 g/mol. The van der Waals surface area contributed by atoms with Crippen LogP contribution in [-0.2, 0) is 28.6 Å².